The van der Waals surface area contributed by atoms with Gasteiger partial charge < -0.3 is 14.7 Å². The Morgan fingerprint density at radius 3 is 3.00 bits per heavy atom. The first kappa shape index (κ1) is 8.00. The van der Waals surface area contributed by atoms with Crippen LogP contribution in [0.1, 0.15) is 17.5 Å². The lowest BCUT2D eigenvalue weighted by atomic mass is 10.3. The molecule has 0 unspecified atom stereocenters. The SMILES string of the molecule is NCc1noc(Cc2ccco2)n1. The van der Waals surface area contributed by atoms with Gasteiger partial charge in [-0.05, 0) is 12.1 Å². The van der Waals surface area contributed by atoms with Crippen molar-refractivity contribution in [2.45, 2.75) is 13.0 Å². The molecule has 0 spiro atoms. The quantitative estimate of drug-likeness (QED) is 0.750. The van der Waals surface area contributed by atoms with E-state index >= 15 is 0 Å². The predicted octanol–water partition coefficient (Wildman–Crippen LogP) is 0.712. The molecular weight excluding hydrogens is 170 g/mol. The molecule has 0 aliphatic heterocycles. The Balaban J connectivity index is 2.10. The Bertz CT molecular complexity index is 366. The molecule has 0 fully saturated rings. The highest BCUT2D eigenvalue weighted by molar-refractivity contribution is 5.04. The Morgan fingerprint density at radius 2 is 2.38 bits per heavy atom. The molecule has 0 atom stereocenters. The fourth-order valence-electron chi connectivity index (χ4n) is 1.01. The van der Waals surface area contributed by atoms with E-state index in [-0.39, 0.29) is 0 Å². The van der Waals surface area contributed by atoms with Crippen LogP contribution in [-0.4, -0.2) is 10.1 Å². The van der Waals surface area contributed by atoms with Crippen LogP contribution >= 0.6 is 0 Å². The third-order valence-electron chi connectivity index (χ3n) is 1.60. The summed E-state index contributed by atoms with van der Waals surface area (Å²) in [5.74, 6) is 1.84. The summed E-state index contributed by atoms with van der Waals surface area (Å²) >= 11 is 0. The summed E-state index contributed by atoms with van der Waals surface area (Å²) in [6.45, 7) is 0.293. The molecule has 0 saturated carbocycles. The molecule has 13 heavy (non-hydrogen) atoms. The van der Waals surface area contributed by atoms with Crippen LogP contribution in [0, 0.1) is 0 Å². The zero-order valence-electron chi connectivity index (χ0n) is 6.93. The van der Waals surface area contributed by atoms with Crippen LogP contribution in [0.25, 0.3) is 0 Å². The van der Waals surface area contributed by atoms with Crippen molar-refractivity contribution in [1.29, 1.82) is 0 Å². The molecule has 5 heteroatoms. The highest BCUT2D eigenvalue weighted by Crippen LogP contribution is 2.07. The summed E-state index contributed by atoms with van der Waals surface area (Å²) in [7, 11) is 0. The van der Waals surface area contributed by atoms with Crippen molar-refractivity contribution in [3.05, 3.63) is 35.9 Å². The van der Waals surface area contributed by atoms with Crippen LogP contribution < -0.4 is 5.73 Å². The Kier molecular flexibility index (Phi) is 2.09. The van der Waals surface area contributed by atoms with Gasteiger partial charge in [-0.1, -0.05) is 5.16 Å². The van der Waals surface area contributed by atoms with Gasteiger partial charge in [-0.25, -0.2) is 0 Å². The molecule has 0 bridgehead atoms. The van der Waals surface area contributed by atoms with Gasteiger partial charge in [0.2, 0.25) is 5.89 Å². The monoisotopic (exact) mass is 179 g/mol. The molecule has 2 heterocycles. The van der Waals surface area contributed by atoms with Crippen LogP contribution in [0.4, 0.5) is 0 Å². The maximum absolute atomic E-state index is 5.33. The summed E-state index contributed by atoms with van der Waals surface area (Å²) in [6, 6.07) is 3.67. The lowest BCUT2D eigenvalue weighted by molar-refractivity contribution is 0.370. The van der Waals surface area contributed by atoms with Gasteiger partial charge >= 0.3 is 0 Å². The van der Waals surface area contributed by atoms with Crippen molar-refractivity contribution < 1.29 is 8.94 Å². The van der Waals surface area contributed by atoms with Crippen LogP contribution in [0.15, 0.2) is 27.3 Å². The molecule has 2 N–H and O–H groups in total. The number of rotatable bonds is 3. The molecule has 5 nitrogen and oxygen atoms in total. The van der Waals surface area contributed by atoms with Gasteiger partial charge in [-0.3, -0.25) is 0 Å². The van der Waals surface area contributed by atoms with E-state index in [1.165, 1.54) is 0 Å². The van der Waals surface area contributed by atoms with E-state index in [9.17, 15) is 0 Å². The number of furan rings is 1. The second kappa shape index (κ2) is 3.40. The topological polar surface area (TPSA) is 78.1 Å². The number of hydrogen-bond acceptors (Lipinski definition) is 5. The summed E-state index contributed by atoms with van der Waals surface area (Å²) in [4.78, 5) is 4.04. The zero-order valence-corrected chi connectivity index (χ0v) is 6.93. The van der Waals surface area contributed by atoms with Crippen LogP contribution in [-0.2, 0) is 13.0 Å². The molecule has 2 aromatic heterocycles. The summed E-state index contributed by atoms with van der Waals surface area (Å²) in [5.41, 5.74) is 5.33. The largest absolute Gasteiger partial charge is 0.469 e. The molecule has 0 radical (unpaired) electrons. The Labute approximate surface area is 74.5 Å². The first-order valence-electron chi connectivity index (χ1n) is 3.92. The molecule has 0 amide bonds. The maximum atomic E-state index is 5.33. The van der Waals surface area contributed by atoms with E-state index in [1.807, 2.05) is 12.1 Å². The van der Waals surface area contributed by atoms with Crippen LogP contribution in [0.5, 0.6) is 0 Å². The zero-order chi connectivity index (χ0) is 9.10. The fourth-order valence-corrected chi connectivity index (χ4v) is 1.01. The average Bonchev–Trinajstić information content (AvgIpc) is 2.76. The molecule has 2 rings (SSSR count). The van der Waals surface area contributed by atoms with Gasteiger partial charge in [0.05, 0.1) is 19.2 Å². The highest BCUT2D eigenvalue weighted by Gasteiger charge is 2.06. The molecule has 68 valence electrons. The number of aromatic nitrogens is 2. The van der Waals surface area contributed by atoms with Crippen molar-refractivity contribution in [1.82, 2.24) is 10.1 Å². The van der Waals surface area contributed by atoms with Gasteiger partial charge in [0.1, 0.15) is 5.76 Å². The maximum Gasteiger partial charge on any atom is 0.234 e. The van der Waals surface area contributed by atoms with E-state index in [1.54, 1.807) is 6.26 Å². The first-order chi connectivity index (χ1) is 6.38. The first-order valence-corrected chi connectivity index (χ1v) is 3.92. The fraction of sp³-hybridized carbons (Fsp3) is 0.250. The lowest BCUT2D eigenvalue weighted by Gasteiger charge is -1.87. The predicted molar refractivity (Wildman–Crippen MR) is 43.7 cm³/mol. The molecule has 0 aliphatic carbocycles. The van der Waals surface area contributed by atoms with Crippen LogP contribution in [0.2, 0.25) is 0 Å². The lowest BCUT2D eigenvalue weighted by Crippen LogP contribution is -1.98. The van der Waals surface area contributed by atoms with E-state index < -0.39 is 0 Å². The van der Waals surface area contributed by atoms with Crippen molar-refractivity contribution in [2.75, 3.05) is 0 Å². The van der Waals surface area contributed by atoms with E-state index in [0.717, 1.165) is 5.76 Å². The number of nitrogens with zero attached hydrogens (tertiary/aromatic N) is 2. The van der Waals surface area contributed by atoms with Gasteiger partial charge in [0.15, 0.2) is 5.82 Å². The highest BCUT2D eigenvalue weighted by atomic mass is 16.5. The second-order valence-corrected chi connectivity index (χ2v) is 2.56. The Morgan fingerprint density at radius 1 is 1.46 bits per heavy atom. The van der Waals surface area contributed by atoms with E-state index in [0.29, 0.717) is 24.7 Å². The van der Waals surface area contributed by atoms with Crippen molar-refractivity contribution >= 4 is 0 Å². The normalized spacial score (nSPS) is 10.5. The van der Waals surface area contributed by atoms with Crippen molar-refractivity contribution in [3.8, 4) is 0 Å². The van der Waals surface area contributed by atoms with Gasteiger partial charge in [0.25, 0.3) is 0 Å². The minimum atomic E-state index is 0.293. The van der Waals surface area contributed by atoms with Crippen molar-refractivity contribution in [3.63, 3.8) is 0 Å². The third-order valence-corrected chi connectivity index (χ3v) is 1.60. The molecule has 0 saturated heterocycles. The third kappa shape index (κ3) is 1.75. The van der Waals surface area contributed by atoms with Gasteiger partial charge in [-0.2, -0.15) is 4.98 Å². The number of hydrogen-bond donors (Lipinski definition) is 1. The molecule has 0 aliphatic rings. The van der Waals surface area contributed by atoms with Crippen molar-refractivity contribution in [2.24, 2.45) is 5.73 Å². The minimum Gasteiger partial charge on any atom is -0.469 e. The Hall–Kier alpha value is -1.62. The van der Waals surface area contributed by atoms with Gasteiger partial charge in [0, 0.05) is 0 Å². The van der Waals surface area contributed by atoms with Crippen LogP contribution in [0.3, 0.4) is 0 Å². The van der Waals surface area contributed by atoms with E-state index in [2.05, 4.69) is 10.1 Å². The second-order valence-electron chi connectivity index (χ2n) is 2.56. The van der Waals surface area contributed by atoms with Gasteiger partial charge in [-0.15, -0.1) is 0 Å². The standard InChI is InChI=1S/C8H9N3O2/c9-5-7-10-8(13-11-7)4-6-2-1-3-12-6/h1-3H,4-5,9H2. The number of nitrogens with two attached hydrogens (primary N) is 1. The average molecular weight is 179 g/mol. The summed E-state index contributed by atoms with van der Waals surface area (Å²) in [6.07, 6.45) is 2.12. The molecular formula is C8H9N3O2. The smallest absolute Gasteiger partial charge is 0.234 e. The minimum absolute atomic E-state index is 0.293. The summed E-state index contributed by atoms with van der Waals surface area (Å²) < 4.78 is 10.0. The summed E-state index contributed by atoms with van der Waals surface area (Å²) in [5, 5.41) is 3.66. The molecule has 2 aromatic rings. The van der Waals surface area contributed by atoms with E-state index in [4.69, 9.17) is 14.7 Å². The molecule has 0 aromatic carbocycles.